The zero-order valence-corrected chi connectivity index (χ0v) is 13.9. The molecule has 0 saturated heterocycles. The summed E-state index contributed by atoms with van der Waals surface area (Å²) in [7, 11) is 0. The molecule has 1 unspecified atom stereocenters. The van der Waals surface area contributed by atoms with Gasteiger partial charge in [-0.15, -0.1) is 0 Å². The number of amides is 1. The normalized spacial score (nSPS) is 16.7. The summed E-state index contributed by atoms with van der Waals surface area (Å²) in [5.74, 6) is -0.0994. The summed E-state index contributed by atoms with van der Waals surface area (Å²) in [5, 5.41) is 1.30. The second kappa shape index (κ2) is 6.59. The molecule has 1 atom stereocenters. The average Bonchev–Trinajstić information content (AvgIpc) is 3.00. The largest absolute Gasteiger partial charge is 0.361 e. The Labute approximate surface area is 137 Å². The number of hydrogen-bond acceptors (Lipinski definition) is 2. The Bertz CT molecular complexity index is 740. The van der Waals surface area contributed by atoms with E-state index in [9.17, 15) is 4.79 Å². The molecule has 1 aliphatic carbocycles. The Hall–Kier alpha value is -2.07. The molecule has 3 N–H and O–H groups in total. The van der Waals surface area contributed by atoms with Crippen LogP contribution >= 0.6 is 0 Å². The maximum Gasteiger partial charge on any atom is 0.230 e. The number of allylic oxidation sites excluding steroid dienone is 1. The lowest BCUT2D eigenvalue weighted by atomic mass is 9.86. The van der Waals surface area contributed by atoms with E-state index in [1.165, 1.54) is 27.6 Å². The van der Waals surface area contributed by atoms with E-state index in [0.717, 1.165) is 25.9 Å². The minimum absolute atomic E-state index is 0.136. The lowest BCUT2D eigenvalue weighted by molar-refractivity contribution is -0.133. The van der Waals surface area contributed by atoms with Gasteiger partial charge in [0, 0.05) is 36.7 Å². The summed E-state index contributed by atoms with van der Waals surface area (Å²) in [5.41, 5.74) is 10.9. The van der Waals surface area contributed by atoms with Crippen molar-refractivity contribution in [2.45, 2.75) is 26.7 Å². The molecule has 0 bridgehead atoms. The third kappa shape index (κ3) is 2.79. The van der Waals surface area contributed by atoms with E-state index in [0.29, 0.717) is 6.54 Å². The second-order valence-electron chi connectivity index (χ2n) is 6.09. The smallest absolute Gasteiger partial charge is 0.230 e. The van der Waals surface area contributed by atoms with Crippen molar-refractivity contribution in [2.75, 3.05) is 19.6 Å². The van der Waals surface area contributed by atoms with Crippen molar-refractivity contribution < 1.29 is 4.79 Å². The van der Waals surface area contributed by atoms with Crippen molar-refractivity contribution in [3.8, 4) is 0 Å². The van der Waals surface area contributed by atoms with Crippen molar-refractivity contribution in [3.63, 3.8) is 0 Å². The van der Waals surface area contributed by atoms with Gasteiger partial charge in [-0.05, 0) is 49.5 Å². The Morgan fingerprint density at radius 2 is 2.13 bits per heavy atom. The number of aromatic amines is 1. The predicted octanol–water partition coefficient (Wildman–Crippen LogP) is 2.94. The summed E-state index contributed by atoms with van der Waals surface area (Å²) < 4.78 is 0. The first kappa shape index (κ1) is 15.8. The van der Waals surface area contributed by atoms with Crippen LogP contribution in [0.4, 0.5) is 0 Å². The topological polar surface area (TPSA) is 62.1 Å². The molecule has 122 valence electrons. The minimum atomic E-state index is -0.236. The van der Waals surface area contributed by atoms with Crippen LogP contribution in [0.1, 0.15) is 31.4 Å². The molecule has 2 aromatic rings. The van der Waals surface area contributed by atoms with E-state index in [1.807, 2.05) is 18.7 Å². The number of nitrogens with zero attached hydrogens (tertiary/aromatic N) is 1. The van der Waals surface area contributed by atoms with Crippen molar-refractivity contribution in [1.82, 2.24) is 9.88 Å². The number of benzene rings is 1. The minimum Gasteiger partial charge on any atom is -0.361 e. The first-order valence-electron chi connectivity index (χ1n) is 8.48. The maximum atomic E-state index is 12.6. The first-order valence-corrected chi connectivity index (χ1v) is 8.48. The lowest BCUT2D eigenvalue weighted by Crippen LogP contribution is -2.38. The van der Waals surface area contributed by atoms with Gasteiger partial charge in [0.05, 0.1) is 5.92 Å². The fraction of sp³-hybridized carbons (Fsp3) is 0.421. The highest BCUT2D eigenvalue weighted by Crippen LogP contribution is 2.36. The van der Waals surface area contributed by atoms with Crippen molar-refractivity contribution >= 4 is 22.4 Å². The molecule has 0 radical (unpaired) electrons. The fourth-order valence-corrected chi connectivity index (χ4v) is 3.55. The molecule has 23 heavy (non-hydrogen) atoms. The molecule has 3 rings (SSSR count). The lowest BCUT2D eigenvalue weighted by Gasteiger charge is -2.24. The average molecular weight is 311 g/mol. The number of H-pyrrole nitrogens is 1. The first-order chi connectivity index (χ1) is 11.2. The zero-order chi connectivity index (χ0) is 16.4. The molecule has 0 aliphatic heterocycles. The van der Waals surface area contributed by atoms with Crippen LogP contribution in [-0.2, 0) is 11.2 Å². The Morgan fingerprint density at radius 1 is 1.35 bits per heavy atom. The van der Waals surface area contributed by atoms with Crippen molar-refractivity contribution in [3.05, 3.63) is 41.6 Å². The predicted molar refractivity (Wildman–Crippen MR) is 95.1 cm³/mol. The molecule has 0 spiro atoms. The maximum absolute atomic E-state index is 12.6. The summed E-state index contributed by atoms with van der Waals surface area (Å²) in [6, 6.07) is 6.33. The number of nitrogens with two attached hydrogens (primary N) is 1. The van der Waals surface area contributed by atoms with Crippen LogP contribution in [-0.4, -0.2) is 35.4 Å². The van der Waals surface area contributed by atoms with Gasteiger partial charge in [0.15, 0.2) is 0 Å². The summed E-state index contributed by atoms with van der Waals surface area (Å²) in [4.78, 5) is 17.8. The third-order valence-electron chi connectivity index (χ3n) is 4.85. The van der Waals surface area contributed by atoms with Gasteiger partial charge in [-0.25, -0.2) is 0 Å². The van der Waals surface area contributed by atoms with Gasteiger partial charge < -0.3 is 15.6 Å². The van der Waals surface area contributed by atoms with E-state index in [1.54, 1.807) is 0 Å². The third-order valence-corrected chi connectivity index (χ3v) is 4.85. The van der Waals surface area contributed by atoms with E-state index in [4.69, 9.17) is 5.73 Å². The van der Waals surface area contributed by atoms with E-state index < -0.39 is 0 Å². The number of carbonyl (C=O) groups is 1. The number of hydrogen-bond donors (Lipinski definition) is 2. The number of aromatic nitrogens is 1. The van der Waals surface area contributed by atoms with Crippen molar-refractivity contribution in [2.24, 2.45) is 11.7 Å². The van der Waals surface area contributed by atoms with Crippen LogP contribution in [0, 0.1) is 5.92 Å². The second-order valence-corrected chi connectivity index (χ2v) is 6.09. The van der Waals surface area contributed by atoms with Gasteiger partial charge in [-0.1, -0.05) is 18.2 Å². The van der Waals surface area contributed by atoms with Gasteiger partial charge in [0.1, 0.15) is 0 Å². The highest BCUT2D eigenvalue weighted by Gasteiger charge is 2.23. The highest BCUT2D eigenvalue weighted by atomic mass is 16.2. The molecule has 1 aromatic heterocycles. The summed E-state index contributed by atoms with van der Waals surface area (Å²) in [6.45, 7) is 5.83. The van der Waals surface area contributed by atoms with Gasteiger partial charge in [0.25, 0.3) is 0 Å². The van der Waals surface area contributed by atoms with E-state index >= 15 is 0 Å². The Morgan fingerprint density at radius 3 is 2.83 bits per heavy atom. The molecular weight excluding hydrogens is 286 g/mol. The van der Waals surface area contributed by atoms with Gasteiger partial charge in [0.2, 0.25) is 5.91 Å². The molecule has 1 amide bonds. The van der Waals surface area contributed by atoms with Gasteiger partial charge in [-0.2, -0.15) is 0 Å². The Balaban J connectivity index is 1.98. The van der Waals surface area contributed by atoms with Crippen LogP contribution in [0.15, 0.2) is 30.5 Å². The van der Waals surface area contributed by atoms with Gasteiger partial charge >= 0.3 is 0 Å². The molecule has 1 aromatic carbocycles. The van der Waals surface area contributed by atoms with Crippen LogP contribution in [0.2, 0.25) is 0 Å². The molecule has 4 nitrogen and oxygen atoms in total. The standard InChI is InChI=1S/C19H25N3O/c1-3-22(4-2)19(23)15(11-20)10-13-8-9-14-12-21-17-7-5-6-16(13)18(14)17/h5-7,10,12,15,21H,3-4,8-9,11,20H2,1-2H3/b13-10+. The Kier molecular flexibility index (Phi) is 4.53. The fourth-order valence-electron chi connectivity index (χ4n) is 3.55. The van der Waals surface area contributed by atoms with Crippen LogP contribution in [0.25, 0.3) is 16.5 Å². The van der Waals surface area contributed by atoms with E-state index in [-0.39, 0.29) is 11.8 Å². The number of nitrogens with one attached hydrogen (secondary N) is 1. The van der Waals surface area contributed by atoms with E-state index in [2.05, 4.69) is 35.5 Å². The van der Waals surface area contributed by atoms with Crippen LogP contribution in [0.3, 0.4) is 0 Å². The summed E-state index contributed by atoms with van der Waals surface area (Å²) in [6.07, 6.45) is 6.18. The number of rotatable bonds is 5. The molecule has 4 heteroatoms. The number of aryl methyl sites for hydroxylation is 1. The molecular formula is C19H25N3O. The molecule has 1 aliphatic rings. The van der Waals surface area contributed by atoms with Crippen LogP contribution in [0.5, 0.6) is 0 Å². The molecule has 0 saturated carbocycles. The van der Waals surface area contributed by atoms with Crippen LogP contribution < -0.4 is 5.73 Å². The molecule has 0 fully saturated rings. The van der Waals surface area contributed by atoms with Crippen molar-refractivity contribution in [1.29, 1.82) is 0 Å². The summed E-state index contributed by atoms with van der Waals surface area (Å²) >= 11 is 0. The monoisotopic (exact) mass is 311 g/mol. The van der Waals surface area contributed by atoms with Gasteiger partial charge in [-0.3, -0.25) is 4.79 Å². The zero-order valence-electron chi connectivity index (χ0n) is 13.9. The SMILES string of the molecule is CCN(CC)C(=O)C(/C=C1\CCc2c[nH]c3cccc1c23)CN. The molecule has 1 heterocycles. The highest BCUT2D eigenvalue weighted by molar-refractivity contribution is 5.97. The quantitative estimate of drug-likeness (QED) is 0.892. The number of carbonyl (C=O) groups excluding carboxylic acids is 1.